The van der Waals surface area contributed by atoms with Crippen LogP contribution in [0.25, 0.3) is 0 Å². The highest BCUT2D eigenvalue weighted by molar-refractivity contribution is 6.34. The number of nitrogens with zero attached hydrogens (tertiary/aromatic N) is 3. The normalized spacial score (nSPS) is 13.4. The highest BCUT2D eigenvalue weighted by atomic mass is 35.5. The molecule has 0 radical (unpaired) electrons. The number of carbonyl (C=O) groups is 2. The molecule has 0 atom stereocenters. The third-order valence-electron chi connectivity index (χ3n) is 7.37. The Kier molecular flexibility index (Phi) is 10.2. The van der Waals surface area contributed by atoms with E-state index in [4.69, 9.17) is 25.5 Å². The van der Waals surface area contributed by atoms with Crippen molar-refractivity contribution in [2.75, 3.05) is 27.3 Å². The molecule has 1 fully saturated rings. The molecule has 1 aliphatic carbocycles. The van der Waals surface area contributed by atoms with Gasteiger partial charge in [0.2, 0.25) is 5.91 Å². The first-order chi connectivity index (χ1) is 19.8. The van der Waals surface area contributed by atoms with Crippen LogP contribution >= 0.6 is 11.6 Å². The van der Waals surface area contributed by atoms with Crippen molar-refractivity contribution in [1.29, 1.82) is 0 Å². The molecule has 0 unspecified atom stereocenters. The highest BCUT2D eigenvalue weighted by Crippen LogP contribution is 2.29. The van der Waals surface area contributed by atoms with Gasteiger partial charge < -0.3 is 23.7 Å². The Balaban J connectivity index is 1.57. The predicted molar refractivity (Wildman–Crippen MR) is 153 cm³/mol. The van der Waals surface area contributed by atoms with Gasteiger partial charge in [-0.2, -0.15) is 0 Å². The molecule has 3 aromatic rings. The van der Waals surface area contributed by atoms with Gasteiger partial charge in [0, 0.05) is 24.7 Å². The zero-order chi connectivity index (χ0) is 29.4. The van der Waals surface area contributed by atoms with Gasteiger partial charge in [-0.25, -0.2) is 0 Å². The molecule has 1 aromatic heterocycles. The second-order valence-electron chi connectivity index (χ2n) is 9.98. The quantitative estimate of drug-likeness (QED) is 0.192. The van der Waals surface area contributed by atoms with Gasteiger partial charge in [0.25, 0.3) is 11.6 Å². The van der Waals surface area contributed by atoms with Crippen molar-refractivity contribution in [3.63, 3.8) is 0 Å². The lowest BCUT2D eigenvalue weighted by Crippen LogP contribution is -2.48. The SMILES string of the molecule is COc1ccc(CCN(Cc2ccco2)C(=O)CN(C(=O)c2ccc([N+](=O)[O-])cc2Cl)C2CCCCC2)cc1OC. The maximum atomic E-state index is 13.9. The summed E-state index contributed by atoms with van der Waals surface area (Å²) in [5, 5.41) is 11.2. The minimum absolute atomic E-state index is 0.0154. The topological polar surface area (TPSA) is 115 Å². The van der Waals surface area contributed by atoms with Gasteiger partial charge in [-0.15, -0.1) is 0 Å². The summed E-state index contributed by atoms with van der Waals surface area (Å²) in [6.07, 6.45) is 6.61. The Morgan fingerprint density at radius 2 is 1.80 bits per heavy atom. The highest BCUT2D eigenvalue weighted by Gasteiger charge is 2.31. The van der Waals surface area contributed by atoms with Gasteiger partial charge in [-0.05, 0) is 55.2 Å². The van der Waals surface area contributed by atoms with E-state index in [1.54, 1.807) is 42.4 Å². The van der Waals surface area contributed by atoms with Crippen LogP contribution in [0.15, 0.2) is 59.2 Å². The van der Waals surface area contributed by atoms with Crippen LogP contribution in [-0.2, 0) is 17.8 Å². The number of hydrogen-bond donors (Lipinski definition) is 0. The fourth-order valence-electron chi connectivity index (χ4n) is 5.13. The van der Waals surface area contributed by atoms with Crippen LogP contribution in [0.5, 0.6) is 11.5 Å². The summed E-state index contributed by atoms with van der Waals surface area (Å²) in [5.74, 6) is 1.19. The molecule has 2 amide bonds. The molecule has 0 aliphatic heterocycles. The molecule has 10 nitrogen and oxygen atoms in total. The summed E-state index contributed by atoms with van der Waals surface area (Å²) >= 11 is 6.33. The zero-order valence-corrected chi connectivity index (χ0v) is 24.0. The number of rotatable bonds is 12. The first-order valence-electron chi connectivity index (χ1n) is 13.6. The van der Waals surface area contributed by atoms with E-state index >= 15 is 0 Å². The molecule has 1 heterocycles. The summed E-state index contributed by atoms with van der Waals surface area (Å²) in [5.41, 5.74) is 0.892. The molecule has 2 aromatic carbocycles. The van der Waals surface area contributed by atoms with E-state index in [2.05, 4.69) is 0 Å². The van der Waals surface area contributed by atoms with E-state index < -0.39 is 10.8 Å². The van der Waals surface area contributed by atoms with Crippen LogP contribution in [0.2, 0.25) is 5.02 Å². The number of amides is 2. The largest absolute Gasteiger partial charge is 0.493 e. The molecule has 1 saturated carbocycles. The monoisotopic (exact) mass is 583 g/mol. The molecule has 218 valence electrons. The number of nitro benzene ring substituents is 1. The lowest BCUT2D eigenvalue weighted by Gasteiger charge is -2.35. The average molecular weight is 584 g/mol. The van der Waals surface area contributed by atoms with Crippen molar-refractivity contribution in [2.45, 2.75) is 51.1 Å². The number of methoxy groups -OCH3 is 2. The average Bonchev–Trinajstić information content (AvgIpc) is 3.51. The van der Waals surface area contributed by atoms with Crippen molar-refractivity contribution >= 4 is 29.1 Å². The molecule has 0 bridgehead atoms. The fourth-order valence-corrected chi connectivity index (χ4v) is 5.39. The number of furan rings is 1. The van der Waals surface area contributed by atoms with E-state index in [1.807, 2.05) is 18.2 Å². The van der Waals surface area contributed by atoms with Gasteiger partial charge in [0.05, 0.1) is 42.5 Å². The van der Waals surface area contributed by atoms with Crippen molar-refractivity contribution < 1.29 is 28.4 Å². The number of nitro groups is 1. The number of non-ortho nitro benzene ring substituents is 1. The molecule has 0 spiro atoms. The van der Waals surface area contributed by atoms with Crippen LogP contribution in [-0.4, -0.2) is 59.9 Å². The first kappa shape index (κ1) is 29.9. The first-order valence-corrected chi connectivity index (χ1v) is 13.9. The third-order valence-corrected chi connectivity index (χ3v) is 7.69. The molecule has 1 aliphatic rings. The molecule has 0 saturated heterocycles. The summed E-state index contributed by atoms with van der Waals surface area (Å²) in [6.45, 7) is 0.466. The molecular formula is C30H34ClN3O7. The van der Waals surface area contributed by atoms with Gasteiger partial charge in [0.15, 0.2) is 11.5 Å². The number of carbonyl (C=O) groups excluding carboxylic acids is 2. The molecule has 11 heteroatoms. The van der Waals surface area contributed by atoms with E-state index in [0.717, 1.165) is 37.7 Å². The van der Waals surface area contributed by atoms with E-state index in [-0.39, 0.29) is 41.3 Å². The van der Waals surface area contributed by atoms with Crippen LogP contribution in [0, 0.1) is 10.1 Å². The lowest BCUT2D eigenvalue weighted by atomic mass is 9.93. The summed E-state index contributed by atoms with van der Waals surface area (Å²) < 4.78 is 16.3. The smallest absolute Gasteiger partial charge is 0.270 e. The number of hydrogen-bond acceptors (Lipinski definition) is 7. The Hall–Kier alpha value is -4.05. The zero-order valence-electron chi connectivity index (χ0n) is 23.2. The van der Waals surface area contributed by atoms with Crippen LogP contribution in [0.1, 0.15) is 53.8 Å². The second kappa shape index (κ2) is 14.0. The van der Waals surface area contributed by atoms with Crippen LogP contribution < -0.4 is 9.47 Å². The molecule has 0 N–H and O–H groups in total. The van der Waals surface area contributed by atoms with Crippen molar-refractivity contribution in [2.24, 2.45) is 0 Å². The Morgan fingerprint density at radius 3 is 2.44 bits per heavy atom. The Labute approximate surface area is 243 Å². The molecule has 41 heavy (non-hydrogen) atoms. The Bertz CT molecular complexity index is 1360. The van der Waals surface area contributed by atoms with E-state index in [9.17, 15) is 19.7 Å². The minimum Gasteiger partial charge on any atom is -0.493 e. The fraction of sp³-hybridized carbons (Fsp3) is 0.400. The molecular weight excluding hydrogens is 550 g/mol. The van der Waals surface area contributed by atoms with Gasteiger partial charge in [-0.1, -0.05) is 36.9 Å². The van der Waals surface area contributed by atoms with Gasteiger partial charge in [-0.3, -0.25) is 19.7 Å². The summed E-state index contributed by atoms with van der Waals surface area (Å²) in [4.78, 5) is 41.5. The minimum atomic E-state index is -0.562. The standard InChI is InChI=1S/C30H34ClN3O7/c1-39-27-13-10-21(17-28(27)40-2)14-15-32(19-24-9-6-16-41-24)29(35)20-33(22-7-4-3-5-8-22)30(36)25-12-11-23(34(37)38)18-26(25)31/h6,9-13,16-18,22H,3-5,7-8,14-15,19-20H2,1-2H3. The number of ether oxygens (including phenoxy) is 2. The van der Waals surface area contributed by atoms with E-state index in [1.165, 1.54) is 18.2 Å². The summed E-state index contributed by atoms with van der Waals surface area (Å²) in [6, 6.07) is 12.8. The van der Waals surface area contributed by atoms with Crippen molar-refractivity contribution in [3.8, 4) is 11.5 Å². The van der Waals surface area contributed by atoms with Gasteiger partial charge >= 0.3 is 0 Å². The van der Waals surface area contributed by atoms with Crippen LogP contribution in [0.3, 0.4) is 0 Å². The predicted octanol–water partition coefficient (Wildman–Crippen LogP) is 5.90. The third kappa shape index (κ3) is 7.58. The van der Waals surface area contributed by atoms with Crippen molar-refractivity contribution in [1.82, 2.24) is 9.80 Å². The molecule has 4 rings (SSSR count). The second-order valence-corrected chi connectivity index (χ2v) is 10.4. The van der Waals surface area contributed by atoms with Gasteiger partial charge in [0.1, 0.15) is 12.3 Å². The number of halogens is 1. The lowest BCUT2D eigenvalue weighted by molar-refractivity contribution is -0.384. The maximum absolute atomic E-state index is 13.9. The van der Waals surface area contributed by atoms with Crippen LogP contribution in [0.4, 0.5) is 5.69 Å². The maximum Gasteiger partial charge on any atom is 0.270 e. The Morgan fingerprint density at radius 1 is 1.05 bits per heavy atom. The number of benzene rings is 2. The van der Waals surface area contributed by atoms with Crippen molar-refractivity contribution in [3.05, 3.63) is 86.8 Å². The van der Waals surface area contributed by atoms with E-state index in [0.29, 0.717) is 30.2 Å². The summed E-state index contributed by atoms with van der Waals surface area (Å²) in [7, 11) is 3.15.